The van der Waals surface area contributed by atoms with E-state index in [2.05, 4.69) is 59.1 Å². The molecule has 3 heteroatoms. The van der Waals surface area contributed by atoms with Crippen molar-refractivity contribution in [3.63, 3.8) is 0 Å². The van der Waals surface area contributed by atoms with E-state index in [1.165, 1.54) is 110 Å². The molecule has 0 atom stereocenters. The molecule has 3 heterocycles. The molecule has 32 heavy (non-hydrogen) atoms. The lowest BCUT2D eigenvalue weighted by Gasteiger charge is -2.29. The molecule has 0 aliphatic heterocycles. The summed E-state index contributed by atoms with van der Waals surface area (Å²) in [7, 11) is 0. The molecule has 0 aromatic carbocycles. The molecule has 172 valence electrons. The van der Waals surface area contributed by atoms with Crippen molar-refractivity contribution in [1.29, 1.82) is 0 Å². The highest BCUT2D eigenvalue weighted by Gasteiger charge is 2.32. The Hall–Kier alpha value is -2.16. The van der Waals surface area contributed by atoms with Gasteiger partial charge in [-0.2, -0.15) is 0 Å². The summed E-state index contributed by atoms with van der Waals surface area (Å²) in [4.78, 5) is 10.8. The van der Waals surface area contributed by atoms with Crippen LogP contribution in [0.3, 0.4) is 0 Å². The van der Waals surface area contributed by atoms with Gasteiger partial charge in [0.15, 0.2) is 0 Å². The van der Waals surface area contributed by atoms with Gasteiger partial charge in [-0.25, -0.2) is 0 Å². The summed E-state index contributed by atoms with van der Waals surface area (Å²) in [5.41, 5.74) is 8.73. The maximum Gasteiger partial charge on any atom is 0.0657 e. The van der Waals surface area contributed by atoms with Crippen molar-refractivity contribution < 1.29 is 0 Å². The third kappa shape index (κ3) is 4.77. The van der Waals surface area contributed by atoms with E-state index in [1.54, 1.807) is 0 Å². The molecule has 0 bridgehead atoms. The van der Waals surface area contributed by atoms with E-state index in [0.717, 1.165) is 24.2 Å². The van der Waals surface area contributed by atoms with Gasteiger partial charge in [-0.05, 0) is 86.8 Å². The van der Waals surface area contributed by atoms with Crippen molar-refractivity contribution in [2.75, 3.05) is 0 Å². The fourth-order valence-corrected chi connectivity index (χ4v) is 6.71. The number of hydrogen-bond donors (Lipinski definition) is 3. The van der Waals surface area contributed by atoms with Crippen LogP contribution in [0.4, 0.5) is 0 Å². The summed E-state index contributed by atoms with van der Waals surface area (Å²) < 4.78 is 0. The minimum atomic E-state index is 1.01. The second-order valence-corrected chi connectivity index (χ2v) is 10.7. The molecule has 2 saturated carbocycles. The maximum atomic E-state index is 3.72. The average molecular weight is 432 g/mol. The molecule has 3 aromatic heterocycles. The molecule has 3 N–H and O–H groups in total. The first-order valence-electron chi connectivity index (χ1n) is 13.2. The molecule has 0 spiro atoms. The quantitative estimate of drug-likeness (QED) is 0.285. The normalized spacial score (nSPS) is 17.8. The van der Waals surface area contributed by atoms with Gasteiger partial charge < -0.3 is 15.0 Å². The van der Waals surface area contributed by atoms with Gasteiger partial charge in [0.25, 0.3) is 0 Å². The van der Waals surface area contributed by atoms with Crippen LogP contribution in [-0.4, -0.2) is 15.0 Å². The van der Waals surface area contributed by atoms with Crippen LogP contribution in [-0.2, 0) is 6.42 Å². The Bertz CT molecular complexity index is 975. The van der Waals surface area contributed by atoms with Gasteiger partial charge in [-0.15, -0.1) is 0 Å². The van der Waals surface area contributed by atoms with Gasteiger partial charge in [0.05, 0.1) is 22.8 Å². The third-order valence-corrected chi connectivity index (χ3v) is 8.37. The Kier molecular flexibility index (Phi) is 6.62. The molecule has 2 fully saturated rings. The van der Waals surface area contributed by atoms with Gasteiger partial charge >= 0.3 is 0 Å². The van der Waals surface area contributed by atoms with Crippen LogP contribution < -0.4 is 0 Å². The number of aromatic amines is 3. The number of nitrogens with one attached hydrogen (secondary N) is 3. The Morgan fingerprint density at radius 1 is 0.719 bits per heavy atom. The fraction of sp³-hybridized carbons (Fsp3) is 0.586. The van der Waals surface area contributed by atoms with Crippen molar-refractivity contribution in [3.8, 4) is 22.8 Å². The zero-order valence-corrected chi connectivity index (χ0v) is 20.1. The second-order valence-electron chi connectivity index (χ2n) is 10.7. The highest BCUT2D eigenvalue weighted by Crippen LogP contribution is 2.44. The van der Waals surface area contributed by atoms with Gasteiger partial charge in [-0.3, -0.25) is 0 Å². The van der Waals surface area contributed by atoms with Crippen molar-refractivity contribution >= 4 is 0 Å². The summed E-state index contributed by atoms with van der Waals surface area (Å²) in [5.74, 6) is 3.07. The summed E-state index contributed by atoms with van der Waals surface area (Å²) in [6.45, 7) is 4.25. The first-order valence-corrected chi connectivity index (χ1v) is 13.2. The predicted molar refractivity (Wildman–Crippen MR) is 135 cm³/mol. The van der Waals surface area contributed by atoms with Crippen LogP contribution >= 0.6 is 0 Å². The van der Waals surface area contributed by atoms with Crippen molar-refractivity contribution in [2.45, 2.75) is 90.9 Å². The third-order valence-electron chi connectivity index (χ3n) is 8.37. The lowest BCUT2D eigenvalue weighted by molar-refractivity contribution is 0.211. The van der Waals surface area contributed by atoms with Gasteiger partial charge in [0.1, 0.15) is 0 Å². The van der Waals surface area contributed by atoms with Crippen LogP contribution in [0.25, 0.3) is 22.8 Å². The SMILES string of the molecule is Cc1ccc(-c2cc(CCCCC(C3CCCC3)C3CCCC3)c(-c3ccc(C)[nH]3)[nH]2)[nH]1. The smallest absolute Gasteiger partial charge is 0.0657 e. The summed E-state index contributed by atoms with van der Waals surface area (Å²) in [6, 6.07) is 11.1. The molecule has 2 aliphatic rings. The first-order chi connectivity index (χ1) is 15.7. The fourth-order valence-electron chi connectivity index (χ4n) is 6.71. The molecule has 0 amide bonds. The van der Waals surface area contributed by atoms with Gasteiger partial charge in [-0.1, -0.05) is 57.8 Å². The zero-order valence-electron chi connectivity index (χ0n) is 20.1. The van der Waals surface area contributed by atoms with Crippen molar-refractivity contribution in [3.05, 3.63) is 47.3 Å². The van der Waals surface area contributed by atoms with E-state index in [-0.39, 0.29) is 0 Å². The molecule has 2 aliphatic carbocycles. The van der Waals surface area contributed by atoms with Crippen LogP contribution in [0.5, 0.6) is 0 Å². The number of rotatable bonds is 9. The maximum absolute atomic E-state index is 3.72. The number of aromatic nitrogens is 3. The molecular formula is C29H41N3. The molecule has 0 radical (unpaired) electrons. The average Bonchev–Trinajstić information content (AvgIpc) is 3.58. The van der Waals surface area contributed by atoms with Crippen LogP contribution in [0.1, 0.15) is 87.6 Å². The largest absolute Gasteiger partial charge is 0.357 e. The Morgan fingerprint density at radius 2 is 1.31 bits per heavy atom. The van der Waals surface area contributed by atoms with E-state index in [1.807, 2.05) is 0 Å². The molecule has 0 saturated heterocycles. The molecule has 0 unspecified atom stereocenters. The van der Waals surface area contributed by atoms with Crippen molar-refractivity contribution in [1.82, 2.24) is 15.0 Å². The minimum absolute atomic E-state index is 1.01. The number of unbranched alkanes of at least 4 members (excludes halogenated alkanes) is 1. The molecule has 3 aromatic rings. The van der Waals surface area contributed by atoms with Crippen LogP contribution in [0.2, 0.25) is 0 Å². The topological polar surface area (TPSA) is 47.4 Å². The number of hydrogen-bond acceptors (Lipinski definition) is 0. The summed E-state index contributed by atoms with van der Waals surface area (Å²) in [5, 5.41) is 0. The van der Waals surface area contributed by atoms with Crippen molar-refractivity contribution in [2.24, 2.45) is 17.8 Å². The number of aryl methyl sites for hydroxylation is 3. The lowest BCUT2D eigenvalue weighted by Crippen LogP contribution is -2.20. The summed E-state index contributed by atoms with van der Waals surface area (Å²) >= 11 is 0. The summed E-state index contributed by atoms with van der Waals surface area (Å²) in [6.07, 6.45) is 17.3. The van der Waals surface area contributed by atoms with E-state index in [4.69, 9.17) is 0 Å². The van der Waals surface area contributed by atoms with E-state index in [0.29, 0.717) is 0 Å². The monoisotopic (exact) mass is 431 g/mol. The van der Waals surface area contributed by atoms with E-state index < -0.39 is 0 Å². The standard InChI is InChI=1S/C29H41N3/c1-20-15-17-26(30-20)28-19-24(29(32-28)27-18-16-21(2)31-27)13-7-8-14-25(22-9-3-4-10-22)23-11-5-6-12-23/h15-19,22-23,25,30-32H,3-14H2,1-2H3. The predicted octanol–water partition coefficient (Wildman–Crippen LogP) is 8.33. The van der Waals surface area contributed by atoms with Gasteiger partial charge in [0, 0.05) is 11.4 Å². The molecule has 5 rings (SSSR count). The van der Waals surface area contributed by atoms with Crippen LogP contribution in [0.15, 0.2) is 30.3 Å². The van der Waals surface area contributed by atoms with Gasteiger partial charge in [0.2, 0.25) is 0 Å². The Balaban J connectivity index is 1.27. The zero-order chi connectivity index (χ0) is 21.9. The number of H-pyrrole nitrogens is 3. The lowest BCUT2D eigenvalue weighted by atomic mass is 9.76. The van der Waals surface area contributed by atoms with Crippen LogP contribution in [0, 0.1) is 31.6 Å². The Labute approximate surface area is 193 Å². The first kappa shape index (κ1) is 21.7. The molecular weight excluding hydrogens is 390 g/mol. The minimum Gasteiger partial charge on any atom is -0.357 e. The second kappa shape index (κ2) is 9.77. The Morgan fingerprint density at radius 3 is 1.88 bits per heavy atom. The highest BCUT2D eigenvalue weighted by molar-refractivity contribution is 5.69. The van der Waals surface area contributed by atoms with E-state index in [9.17, 15) is 0 Å². The molecule has 3 nitrogen and oxygen atoms in total. The highest BCUT2D eigenvalue weighted by atomic mass is 14.8. The van der Waals surface area contributed by atoms with E-state index >= 15 is 0 Å².